The maximum atomic E-state index is 15.8. The zero-order valence-electron chi connectivity index (χ0n) is 22.0. The van der Waals surface area contributed by atoms with E-state index in [9.17, 15) is 4.79 Å². The van der Waals surface area contributed by atoms with Crippen LogP contribution in [0.3, 0.4) is 0 Å². The summed E-state index contributed by atoms with van der Waals surface area (Å²) in [5.41, 5.74) is 5.64. The fourth-order valence-electron chi connectivity index (χ4n) is 6.05. The summed E-state index contributed by atoms with van der Waals surface area (Å²) >= 11 is 0. The number of alkyl halides is 1. The number of hydrogen-bond acceptors (Lipinski definition) is 4. The van der Waals surface area contributed by atoms with Gasteiger partial charge in [-0.25, -0.2) is 9.37 Å². The van der Waals surface area contributed by atoms with Gasteiger partial charge in [0.15, 0.2) is 0 Å². The van der Waals surface area contributed by atoms with Crippen LogP contribution in [0, 0.1) is 18.3 Å². The van der Waals surface area contributed by atoms with Gasteiger partial charge in [0.05, 0.1) is 23.0 Å². The molecule has 0 bridgehead atoms. The Morgan fingerprint density at radius 2 is 1.89 bits per heavy atom. The van der Waals surface area contributed by atoms with Crippen LogP contribution in [0.15, 0.2) is 41.4 Å². The van der Waals surface area contributed by atoms with Gasteiger partial charge in [-0.1, -0.05) is 24.6 Å². The molecule has 1 amide bonds. The number of carbonyl (C=O) groups is 1. The number of nitrogens with zero attached hydrogens (tertiary/aromatic N) is 5. The van der Waals surface area contributed by atoms with E-state index in [4.69, 9.17) is 10.2 Å². The van der Waals surface area contributed by atoms with E-state index in [1.54, 1.807) is 29.2 Å². The van der Waals surface area contributed by atoms with E-state index in [0.29, 0.717) is 35.7 Å². The third-order valence-corrected chi connectivity index (χ3v) is 8.69. The predicted molar refractivity (Wildman–Crippen MR) is 145 cm³/mol. The van der Waals surface area contributed by atoms with Crippen LogP contribution >= 0.6 is 0 Å². The second-order valence-electron chi connectivity index (χ2n) is 10.9. The van der Waals surface area contributed by atoms with Crippen LogP contribution in [-0.2, 0) is 19.1 Å². The molecule has 1 aromatic heterocycles. The highest BCUT2D eigenvalue weighted by Gasteiger charge is 2.38. The molecule has 0 atom stereocenters. The molecule has 2 aliphatic heterocycles. The number of likely N-dealkylation sites (tertiary alicyclic amines) is 1. The van der Waals surface area contributed by atoms with Crippen LogP contribution in [-0.4, -0.2) is 46.2 Å². The van der Waals surface area contributed by atoms with Crippen molar-refractivity contribution in [3.8, 4) is 17.5 Å². The number of benzene rings is 2. The molecule has 2 aromatic carbocycles. The number of nitriles is 1. The highest BCUT2D eigenvalue weighted by Crippen LogP contribution is 2.43. The molecule has 1 aliphatic carbocycles. The van der Waals surface area contributed by atoms with Crippen LogP contribution in [0.25, 0.3) is 11.4 Å². The van der Waals surface area contributed by atoms with Gasteiger partial charge in [0, 0.05) is 63.3 Å². The van der Waals surface area contributed by atoms with Crippen LogP contribution in [0.2, 0.25) is 0 Å². The second kappa shape index (κ2) is 9.50. The van der Waals surface area contributed by atoms with Gasteiger partial charge in [0.2, 0.25) is 0 Å². The van der Waals surface area contributed by atoms with Crippen LogP contribution < -0.4 is 0 Å². The smallest absolute Gasteiger partial charge is 0.254 e. The van der Waals surface area contributed by atoms with Gasteiger partial charge in [-0.05, 0) is 60.6 Å². The molecule has 3 aromatic rings. The van der Waals surface area contributed by atoms with Gasteiger partial charge < -0.3 is 9.47 Å². The van der Waals surface area contributed by atoms with Crippen molar-refractivity contribution in [2.75, 3.05) is 19.6 Å². The highest BCUT2D eigenvalue weighted by molar-refractivity contribution is 5.97. The van der Waals surface area contributed by atoms with E-state index < -0.39 is 5.67 Å². The number of fused-ring (bicyclic) bond motifs is 1. The highest BCUT2D eigenvalue weighted by atomic mass is 19.1. The van der Waals surface area contributed by atoms with Crippen molar-refractivity contribution < 1.29 is 9.18 Å². The lowest BCUT2D eigenvalue weighted by Gasteiger charge is -2.37. The molecule has 6 rings (SSSR count). The van der Waals surface area contributed by atoms with Crippen molar-refractivity contribution in [1.29, 1.82) is 5.26 Å². The zero-order valence-corrected chi connectivity index (χ0v) is 22.0. The Morgan fingerprint density at radius 1 is 1.16 bits per heavy atom. The second-order valence-corrected chi connectivity index (χ2v) is 10.9. The Hall–Kier alpha value is -3.79. The first-order valence-electron chi connectivity index (χ1n) is 13.6. The molecule has 7 heteroatoms. The first-order valence-corrected chi connectivity index (χ1v) is 13.6. The zero-order chi connectivity index (χ0) is 26.4. The van der Waals surface area contributed by atoms with Crippen molar-refractivity contribution >= 4 is 12.1 Å². The molecule has 1 saturated carbocycles. The average Bonchev–Trinajstić information content (AvgIpc) is 3.24. The standard InChI is InChI=1S/C31H32FN5O/c1-20-16-25(22-4-3-5-22)26(29-35-27-10-13-34-19-28(27)36(29)2)17-24(20)30(38)37-14-11-31(32,12-15-37)23-8-6-21(18-33)7-9-23/h6-9,16-17,19,22H,3-5,10-15H2,1-2H3. The Morgan fingerprint density at radius 3 is 2.53 bits per heavy atom. The minimum Gasteiger partial charge on any atom is -0.338 e. The summed E-state index contributed by atoms with van der Waals surface area (Å²) in [6.07, 6.45) is 6.75. The van der Waals surface area contributed by atoms with Crippen molar-refractivity contribution in [3.05, 3.63) is 75.6 Å². The number of halogens is 1. The van der Waals surface area contributed by atoms with Crippen molar-refractivity contribution in [2.45, 2.75) is 57.0 Å². The molecule has 0 radical (unpaired) electrons. The summed E-state index contributed by atoms with van der Waals surface area (Å²) in [7, 11) is 2.03. The van der Waals surface area contributed by atoms with Crippen molar-refractivity contribution in [2.24, 2.45) is 12.0 Å². The lowest BCUT2D eigenvalue weighted by atomic mass is 9.77. The monoisotopic (exact) mass is 509 g/mol. The summed E-state index contributed by atoms with van der Waals surface area (Å²) in [5.74, 6) is 1.33. The minimum absolute atomic E-state index is 0.0497. The Balaban J connectivity index is 1.30. The molecule has 1 saturated heterocycles. The molecule has 2 fully saturated rings. The summed E-state index contributed by atoms with van der Waals surface area (Å²) in [6, 6.07) is 13.0. The normalized spacial score (nSPS) is 18.5. The van der Waals surface area contributed by atoms with E-state index >= 15 is 4.39 Å². The number of imidazole rings is 1. The maximum absolute atomic E-state index is 15.8. The van der Waals surface area contributed by atoms with Gasteiger partial charge >= 0.3 is 0 Å². The molecule has 3 heterocycles. The number of piperidine rings is 1. The fourth-order valence-corrected chi connectivity index (χ4v) is 6.05. The van der Waals surface area contributed by atoms with E-state index in [-0.39, 0.29) is 18.7 Å². The maximum Gasteiger partial charge on any atom is 0.254 e. The third kappa shape index (κ3) is 4.13. The van der Waals surface area contributed by atoms with E-state index in [1.165, 1.54) is 12.0 Å². The number of aromatic nitrogens is 2. The topological polar surface area (TPSA) is 74.3 Å². The van der Waals surface area contributed by atoms with Crippen molar-refractivity contribution in [3.63, 3.8) is 0 Å². The quantitative estimate of drug-likeness (QED) is 0.459. The molecule has 0 N–H and O–H groups in total. The summed E-state index contributed by atoms with van der Waals surface area (Å²) in [5, 5.41) is 9.05. The average molecular weight is 510 g/mol. The number of aryl methyl sites for hydroxylation is 1. The first-order chi connectivity index (χ1) is 18.4. The number of amides is 1. The number of aliphatic imine (C=N–C) groups is 1. The lowest BCUT2D eigenvalue weighted by molar-refractivity contribution is 0.0421. The molecule has 0 unspecified atom stereocenters. The Kier molecular flexibility index (Phi) is 6.14. The molecule has 6 nitrogen and oxygen atoms in total. The van der Waals surface area contributed by atoms with Crippen LogP contribution in [0.4, 0.5) is 4.39 Å². The number of carbonyl (C=O) groups excluding carboxylic acids is 1. The molecule has 0 spiro atoms. The molecular formula is C31H32FN5O. The van der Waals surface area contributed by atoms with Crippen LogP contribution in [0.5, 0.6) is 0 Å². The lowest BCUT2D eigenvalue weighted by Crippen LogP contribution is -2.43. The van der Waals surface area contributed by atoms with Gasteiger partial charge in [0.1, 0.15) is 11.5 Å². The van der Waals surface area contributed by atoms with E-state index in [2.05, 4.69) is 21.7 Å². The molecule has 38 heavy (non-hydrogen) atoms. The number of hydrogen-bond donors (Lipinski definition) is 0. The number of rotatable bonds is 4. The molecule has 194 valence electrons. The van der Waals surface area contributed by atoms with E-state index in [1.807, 2.05) is 26.3 Å². The summed E-state index contributed by atoms with van der Waals surface area (Å²) < 4.78 is 18.0. The Bertz CT molecular complexity index is 1470. The molecule has 3 aliphatic rings. The Labute approximate surface area is 222 Å². The van der Waals surface area contributed by atoms with Gasteiger partial charge in [-0.2, -0.15) is 5.26 Å². The largest absolute Gasteiger partial charge is 0.338 e. The van der Waals surface area contributed by atoms with Gasteiger partial charge in [-0.15, -0.1) is 0 Å². The summed E-state index contributed by atoms with van der Waals surface area (Å²) in [6.45, 7) is 3.46. The molecular weight excluding hydrogens is 477 g/mol. The van der Waals surface area contributed by atoms with E-state index in [0.717, 1.165) is 54.1 Å². The predicted octanol–water partition coefficient (Wildman–Crippen LogP) is 5.61. The third-order valence-electron chi connectivity index (χ3n) is 8.69. The van der Waals surface area contributed by atoms with Gasteiger partial charge in [-0.3, -0.25) is 9.79 Å². The SMILES string of the molecule is Cc1cc(C2CCC2)c(-c2nc3c(n2C)C=NCC3)cc1C(=O)N1CCC(F)(c2ccc(C#N)cc2)CC1. The fraction of sp³-hybridized carbons (Fsp3) is 0.419. The minimum atomic E-state index is -1.49. The van der Waals surface area contributed by atoms with Gasteiger partial charge in [0.25, 0.3) is 5.91 Å². The summed E-state index contributed by atoms with van der Waals surface area (Å²) in [4.78, 5) is 25.0. The van der Waals surface area contributed by atoms with Crippen molar-refractivity contribution in [1.82, 2.24) is 14.5 Å². The van der Waals surface area contributed by atoms with Crippen LogP contribution in [0.1, 0.15) is 82.0 Å². The first kappa shape index (κ1) is 24.5.